The second-order valence-corrected chi connectivity index (χ2v) is 5.58. The van der Waals surface area contributed by atoms with Crippen LogP contribution in [-0.2, 0) is 13.6 Å². The van der Waals surface area contributed by atoms with E-state index in [2.05, 4.69) is 24.4 Å². The maximum atomic E-state index is 11.3. The summed E-state index contributed by atoms with van der Waals surface area (Å²) in [5.74, 6) is 1.49. The first kappa shape index (κ1) is 13.8. The van der Waals surface area contributed by atoms with Crippen LogP contribution in [0.1, 0.15) is 30.3 Å². The number of aromatic amines is 2. The molecule has 2 aromatic heterocycles. The van der Waals surface area contributed by atoms with Crippen LogP contribution in [0, 0.1) is 0 Å². The summed E-state index contributed by atoms with van der Waals surface area (Å²) in [4.78, 5) is 34.2. The van der Waals surface area contributed by atoms with E-state index in [1.807, 2.05) is 19.4 Å². The van der Waals surface area contributed by atoms with Crippen molar-refractivity contribution < 1.29 is 0 Å². The van der Waals surface area contributed by atoms with E-state index in [-0.39, 0.29) is 5.56 Å². The number of hydrogen-bond acceptors (Lipinski definition) is 4. The highest BCUT2D eigenvalue weighted by atomic mass is 16.2. The molecule has 0 aliphatic carbocycles. The van der Waals surface area contributed by atoms with Crippen molar-refractivity contribution in [3.05, 3.63) is 50.8 Å². The first-order chi connectivity index (χ1) is 10.1. The Bertz CT molecular complexity index is 701. The Morgan fingerprint density at radius 2 is 2.24 bits per heavy atom. The number of aromatic nitrogens is 4. The number of hydrogen-bond donors (Lipinski definition) is 2. The minimum atomic E-state index is -0.449. The molecule has 0 bridgehead atoms. The molecule has 1 fully saturated rings. The number of likely N-dealkylation sites (tertiary alicyclic amines) is 1. The Kier molecular flexibility index (Phi) is 3.74. The SMILES string of the molecule is Cn1ccnc1[C@@H]1CCCN(Cc2cc(=O)[nH]c(=O)[nH]2)C1. The van der Waals surface area contributed by atoms with E-state index >= 15 is 0 Å². The average Bonchev–Trinajstić information content (AvgIpc) is 2.84. The van der Waals surface area contributed by atoms with Gasteiger partial charge < -0.3 is 9.55 Å². The van der Waals surface area contributed by atoms with Crippen molar-refractivity contribution in [2.24, 2.45) is 7.05 Å². The Hall–Kier alpha value is -2.15. The largest absolute Gasteiger partial charge is 0.338 e. The van der Waals surface area contributed by atoms with Gasteiger partial charge >= 0.3 is 5.69 Å². The van der Waals surface area contributed by atoms with Crippen LogP contribution in [0.3, 0.4) is 0 Å². The Labute approximate surface area is 121 Å². The van der Waals surface area contributed by atoms with Crippen molar-refractivity contribution in [1.82, 2.24) is 24.4 Å². The smallest absolute Gasteiger partial charge is 0.325 e. The van der Waals surface area contributed by atoms with Gasteiger partial charge in [0, 0.05) is 50.2 Å². The second kappa shape index (κ2) is 5.69. The molecule has 3 heterocycles. The van der Waals surface area contributed by atoms with Crippen molar-refractivity contribution in [1.29, 1.82) is 0 Å². The molecule has 0 aromatic carbocycles. The number of nitrogens with zero attached hydrogens (tertiary/aromatic N) is 3. The van der Waals surface area contributed by atoms with Crippen LogP contribution in [0.5, 0.6) is 0 Å². The molecule has 1 aliphatic rings. The lowest BCUT2D eigenvalue weighted by molar-refractivity contribution is 0.193. The van der Waals surface area contributed by atoms with Crippen molar-refractivity contribution in [2.75, 3.05) is 13.1 Å². The Morgan fingerprint density at radius 3 is 2.95 bits per heavy atom. The van der Waals surface area contributed by atoms with Crippen LogP contribution in [0.25, 0.3) is 0 Å². The third-order valence-corrected chi connectivity index (χ3v) is 3.94. The van der Waals surface area contributed by atoms with Crippen LogP contribution in [0.15, 0.2) is 28.0 Å². The van der Waals surface area contributed by atoms with Crippen LogP contribution in [-0.4, -0.2) is 37.5 Å². The first-order valence-electron chi connectivity index (χ1n) is 7.14. The van der Waals surface area contributed by atoms with Gasteiger partial charge in [0.2, 0.25) is 0 Å². The van der Waals surface area contributed by atoms with E-state index in [0.717, 1.165) is 31.8 Å². The van der Waals surface area contributed by atoms with Gasteiger partial charge in [-0.2, -0.15) is 0 Å². The number of nitrogens with one attached hydrogen (secondary N) is 2. The minimum Gasteiger partial charge on any atom is -0.338 e. The second-order valence-electron chi connectivity index (χ2n) is 5.58. The summed E-state index contributed by atoms with van der Waals surface area (Å²) in [6, 6.07) is 1.45. The maximum Gasteiger partial charge on any atom is 0.325 e. The van der Waals surface area contributed by atoms with Gasteiger partial charge in [0.05, 0.1) is 0 Å². The zero-order valence-corrected chi connectivity index (χ0v) is 12.0. The number of aryl methyl sites for hydroxylation is 1. The van der Waals surface area contributed by atoms with Crippen LogP contribution in [0.2, 0.25) is 0 Å². The molecule has 112 valence electrons. The predicted molar refractivity (Wildman–Crippen MR) is 78.1 cm³/mol. The summed E-state index contributed by atoms with van der Waals surface area (Å²) in [6.45, 7) is 2.44. The highest BCUT2D eigenvalue weighted by Gasteiger charge is 2.24. The highest BCUT2D eigenvalue weighted by Crippen LogP contribution is 2.25. The fraction of sp³-hybridized carbons (Fsp3) is 0.500. The molecule has 0 saturated carbocycles. The quantitative estimate of drug-likeness (QED) is 0.843. The molecule has 1 atom stereocenters. The molecule has 1 aliphatic heterocycles. The van der Waals surface area contributed by atoms with Gasteiger partial charge in [-0.1, -0.05) is 0 Å². The van der Waals surface area contributed by atoms with Gasteiger partial charge in [-0.3, -0.25) is 14.7 Å². The molecule has 7 nitrogen and oxygen atoms in total. The third-order valence-electron chi connectivity index (χ3n) is 3.94. The Morgan fingerprint density at radius 1 is 1.38 bits per heavy atom. The van der Waals surface area contributed by atoms with Crippen LogP contribution < -0.4 is 11.2 Å². The summed E-state index contributed by atoms with van der Waals surface area (Å²) in [5, 5.41) is 0. The fourth-order valence-corrected chi connectivity index (χ4v) is 3.03. The number of imidazole rings is 1. The summed E-state index contributed by atoms with van der Waals surface area (Å²) >= 11 is 0. The minimum absolute atomic E-state index is 0.355. The zero-order chi connectivity index (χ0) is 14.8. The number of H-pyrrole nitrogens is 2. The van der Waals surface area contributed by atoms with Gasteiger partial charge in [-0.15, -0.1) is 0 Å². The van der Waals surface area contributed by atoms with Gasteiger partial charge in [-0.05, 0) is 19.4 Å². The van der Waals surface area contributed by atoms with Crippen LogP contribution in [0.4, 0.5) is 0 Å². The van der Waals surface area contributed by atoms with E-state index in [4.69, 9.17) is 0 Å². The summed E-state index contributed by atoms with van der Waals surface area (Å²) in [7, 11) is 2.01. The number of rotatable bonds is 3. The lowest BCUT2D eigenvalue weighted by atomic mass is 9.97. The summed E-state index contributed by atoms with van der Waals surface area (Å²) in [5.41, 5.74) is -0.147. The molecule has 2 aromatic rings. The third kappa shape index (κ3) is 3.13. The van der Waals surface area contributed by atoms with E-state index in [0.29, 0.717) is 18.2 Å². The molecule has 0 spiro atoms. The maximum absolute atomic E-state index is 11.3. The van der Waals surface area contributed by atoms with E-state index in [9.17, 15) is 9.59 Å². The van der Waals surface area contributed by atoms with Gasteiger partial charge in [0.1, 0.15) is 5.82 Å². The van der Waals surface area contributed by atoms with Gasteiger partial charge in [0.25, 0.3) is 5.56 Å². The van der Waals surface area contributed by atoms with Crippen molar-refractivity contribution in [3.8, 4) is 0 Å². The van der Waals surface area contributed by atoms with E-state index < -0.39 is 5.69 Å². The molecule has 0 amide bonds. The zero-order valence-electron chi connectivity index (χ0n) is 12.0. The van der Waals surface area contributed by atoms with E-state index in [1.54, 1.807) is 0 Å². The molecule has 0 radical (unpaired) electrons. The topological polar surface area (TPSA) is 86.8 Å². The van der Waals surface area contributed by atoms with Crippen molar-refractivity contribution in [2.45, 2.75) is 25.3 Å². The molecular formula is C14H19N5O2. The molecule has 2 N–H and O–H groups in total. The van der Waals surface area contributed by atoms with E-state index in [1.165, 1.54) is 6.07 Å². The van der Waals surface area contributed by atoms with Crippen molar-refractivity contribution >= 4 is 0 Å². The standard InChI is InChI=1S/C14H19N5O2/c1-18-6-4-15-13(18)10-3-2-5-19(8-10)9-11-7-12(20)17-14(21)16-11/h4,6-7,10H,2-3,5,8-9H2,1H3,(H2,16,17,20,21)/t10-/m1/s1. The molecule has 7 heteroatoms. The lowest BCUT2D eigenvalue weighted by Gasteiger charge is -2.32. The van der Waals surface area contributed by atoms with Crippen molar-refractivity contribution in [3.63, 3.8) is 0 Å². The fourth-order valence-electron chi connectivity index (χ4n) is 3.03. The molecule has 1 saturated heterocycles. The Balaban J connectivity index is 1.73. The van der Waals surface area contributed by atoms with Crippen LogP contribution >= 0.6 is 0 Å². The predicted octanol–water partition coefficient (Wildman–Crippen LogP) is 0.176. The average molecular weight is 289 g/mol. The number of piperidine rings is 1. The van der Waals surface area contributed by atoms with Gasteiger partial charge in [0.15, 0.2) is 0 Å². The highest BCUT2D eigenvalue weighted by molar-refractivity contribution is 5.04. The van der Waals surface area contributed by atoms with Gasteiger partial charge in [-0.25, -0.2) is 9.78 Å². The molecule has 3 rings (SSSR count). The molecule has 21 heavy (non-hydrogen) atoms. The monoisotopic (exact) mass is 289 g/mol. The summed E-state index contributed by atoms with van der Waals surface area (Å²) < 4.78 is 2.06. The summed E-state index contributed by atoms with van der Waals surface area (Å²) in [6.07, 6.45) is 5.99. The lowest BCUT2D eigenvalue weighted by Crippen LogP contribution is -2.36. The normalized spacial score (nSPS) is 19.8. The molecular weight excluding hydrogens is 270 g/mol. The first-order valence-corrected chi connectivity index (χ1v) is 7.14. The molecule has 0 unspecified atom stereocenters.